The summed E-state index contributed by atoms with van der Waals surface area (Å²) in [6.07, 6.45) is -1.88. The molecule has 2 heterocycles. The van der Waals surface area contributed by atoms with E-state index in [0.29, 0.717) is 25.2 Å². The SMILES string of the molecule is CN1C2C=C(c3cc(C#N)cc(C(F)(F)F)c3)CC1COC2. The Kier molecular flexibility index (Phi) is 3.71. The predicted octanol–water partition coefficient (Wildman–Crippen LogP) is 3.06. The van der Waals surface area contributed by atoms with Gasteiger partial charge in [-0.3, -0.25) is 4.90 Å². The van der Waals surface area contributed by atoms with E-state index < -0.39 is 11.7 Å². The van der Waals surface area contributed by atoms with E-state index >= 15 is 0 Å². The lowest BCUT2D eigenvalue weighted by atomic mass is 9.89. The Balaban J connectivity index is 2.03. The zero-order valence-corrected chi connectivity index (χ0v) is 12.0. The van der Waals surface area contributed by atoms with E-state index in [2.05, 4.69) is 4.90 Å². The van der Waals surface area contributed by atoms with Gasteiger partial charge >= 0.3 is 6.18 Å². The summed E-state index contributed by atoms with van der Waals surface area (Å²) in [5.41, 5.74) is 0.601. The van der Waals surface area contributed by atoms with E-state index in [1.165, 1.54) is 6.07 Å². The average molecular weight is 308 g/mol. The fourth-order valence-electron chi connectivity index (χ4n) is 3.01. The van der Waals surface area contributed by atoms with Gasteiger partial charge < -0.3 is 4.74 Å². The van der Waals surface area contributed by atoms with Gasteiger partial charge in [0.05, 0.1) is 36.5 Å². The van der Waals surface area contributed by atoms with Crippen molar-refractivity contribution in [1.82, 2.24) is 4.90 Å². The second-order valence-electron chi connectivity index (χ2n) is 5.73. The third kappa shape index (κ3) is 2.74. The van der Waals surface area contributed by atoms with Gasteiger partial charge in [0.15, 0.2) is 0 Å². The highest BCUT2D eigenvalue weighted by atomic mass is 19.4. The predicted molar refractivity (Wildman–Crippen MR) is 74.9 cm³/mol. The monoisotopic (exact) mass is 308 g/mol. The molecule has 2 unspecified atom stereocenters. The van der Waals surface area contributed by atoms with Crippen molar-refractivity contribution < 1.29 is 17.9 Å². The molecule has 1 fully saturated rings. The minimum atomic E-state index is -4.45. The molecule has 2 aliphatic rings. The van der Waals surface area contributed by atoms with Crippen LogP contribution in [0.2, 0.25) is 0 Å². The molecule has 3 nitrogen and oxygen atoms in total. The van der Waals surface area contributed by atoms with E-state index in [-0.39, 0.29) is 17.6 Å². The van der Waals surface area contributed by atoms with E-state index in [4.69, 9.17) is 10.00 Å². The summed E-state index contributed by atoms with van der Waals surface area (Å²) in [4.78, 5) is 2.19. The van der Waals surface area contributed by atoms with Gasteiger partial charge in [-0.05, 0) is 42.8 Å². The maximum Gasteiger partial charge on any atom is 0.416 e. The van der Waals surface area contributed by atoms with Gasteiger partial charge in [0.1, 0.15) is 0 Å². The summed E-state index contributed by atoms with van der Waals surface area (Å²) < 4.78 is 44.5. The third-order valence-corrected chi connectivity index (χ3v) is 4.31. The number of benzene rings is 1. The first-order chi connectivity index (χ1) is 10.4. The van der Waals surface area contributed by atoms with Gasteiger partial charge in [0.2, 0.25) is 0 Å². The lowest BCUT2D eigenvalue weighted by Gasteiger charge is -2.42. The van der Waals surface area contributed by atoms with Crippen LogP contribution in [0.1, 0.15) is 23.1 Å². The summed E-state index contributed by atoms with van der Waals surface area (Å²) >= 11 is 0. The van der Waals surface area contributed by atoms with Crippen LogP contribution in [0.15, 0.2) is 24.3 Å². The number of rotatable bonds is 1. The van der Waals surface area contributed by atoms with Crippen LogP contribution in [0.4, 0.5) is 13.2 Å². The smallest absolute Gasteiger partial charge is 0.378 e. The Hall–Kier alpha value is -1.84. The maximum atomic E-state index is 13.0. The van der Waals surface area contributed by atoms with E-state index in [9.17, 15) is 13.2 Å². The van der Waals surface area contributed by atoms with Crippen molar-refractivity contribution in [3.63, 3.8) is 0 Å². The van der Waals surface area contributed by atoms with Gasteiger partial charge in [0, 0.05) is 6.04 Å². The van der Waals surface area contributed by atoms with Crippen LogP contribution in [-0.4, -0.2) is 37.2 Å². The molecule has 0 amide bonds. The van der Waals surface area contributed by atoms with Gasteiger partial charge in [-0.25, -0.2) is 0 Å². The van der Waals surface area contributed by atoms with Crippen molar-refractivity contribution in [2.45, 2.75) is 24.7 Å². The summed E-state index contributed by atoms with van der Waals surface area (Å²) in [5.74, 6) is 0. The summed E-state index contributed by atoms with van der Waals surface area (Å²) in [7, 11) is 2.00. The molecule has 2 aliphatic heterocycles. The van der Waals surface area contributed by atoms with Gasteiger partial charge in [-0.1, -0.05) is 6.08 Å². The molecule has 3 rings (SSSR count). The molecule has 2 atom stereocenters. The zero-order chi connectivity index (χ0) is 15.9. The first-order valence-corrected chi connectivity index (χ1v) is 7.01. The summed E-state index contributed by atoms with van der Waals surface area (Å²) in [6, 6.07) is 5.61. The molecule has 0 saturated carbocycles. The number of hydrogen-bond acceptors (Lipinski definition) is 3. The van der Waals surface area contributed by atoms with Crippen LogP contribution in [0, 0.1) is 11.3 Å². The normalized spacial score (nSPS) is 25.5. The van der Waals surface area contributed by atoms with Crippen molar-refractivity contribution in [3.8, 4) is 6.07 Å². The number of ether oxygens (including phenoxy) is 1. The molecular formula is C16H15F3N2O. The quantitative estimate of drug-likeness (QED) is 0.800. The van der Waals surface area contributed by atoms with Gasteiger partial charge in [-0.2, -0.15) is 18.4 Å². The summed E-state index contributed by atoms with van der Waals surface area (Å²) in [5, 5.41) is 8.99. The number of hydrogen-bond donors (Lipinski definition) is 0. The Morgan fingerprint density at radius 2 is 2.05 bits per heavy atom. The van der Waals surface area contributed by atoms with Crippen molar-refractivity contribution in [1.29, 1.82) is 5.26 Å². The molecule has 2 bridgehead atoms. The van der Waals surface area contributed by atoms with E-state index in [0.717, 1.165) is 17.7 Å². The first kappa shape index (κ1) is 15.1. The molecule has 6 heteroatoms. The highest BCUT2D eigenvalue weighted by Gasteiger charge is 2.34. The van der Waals surface area contributed by atoms with Crippen LogP contribution in [0.25, 0.3) is 5.57 Å². The molecule has 1 aromatic rings. The number of halogens is 3. The standard InChI is InChI=1S/C16H15F3N2O/c1-21-14-5-12(6-15(21)9-22-8-14)11-2-10(7-20)3-13(4-11)16(17,18)19/h2-5,14-15H,6,8-9H2,1H3. The lowest BCUT2D eigenvalue weighted by Crippen LogP contribution is -2.51. The zero-order valence-electron chi connectivity index (χ0n) is 12.0. The third-order valence-electron chi connectivity index (χ3n) is 4.31. The van der Waals surface area contributed by atoms with Gasteiger partial charge in [0.25, 0.3) is 0 Å². The first-order valence-electron chi connectivity index (χ1n) is 7.01. The van der Waals surface area contributed by atoms with Crippen LogP contribution in [0.3, 0.4) is 0 Å². The fourth-order valence-corrected chi connectivity index (χ4v) is 3.01. The Bertz CT molecular complexity index is 660. The highest BCUT2D eigenvalue weighted by Crippen LogP contribution is 2.36. The second kappa shape index (κ2) is 5.41. The van der Waals surface area contributed by atoms with Crippen molar-refractivity contribution in [2.24, 2.45) is 0 Å². The minimum Gasteiger partial charge on any atom is -0.378 e. The topological polar surface area (TPSA) is 36.3 Å². The maximum absolute atomic E-state index is 13.0. The molecule has 116 valence electrons. The van der Waals surface area contributed by atoms with Crippen LogP contribution in [0.5, 0.6) is 0 Å². The number of fused-ring (bicyclic) bond motifs is 2. The summed E-state index contributed by atoms with van der Waals surface area (Å²) in [6.45, 7) is 1.12. The molecule has 1 saturated heterocycles. The van der Waals surface area contributed by atoms with Crippen molar-refractivity contribution in [2.75, 3.05) is 20.3 Å². The number of nitriles is 1. The van der Waals surface area contributed by atoms with Crippen molar-refractivity contribution in [3.05, 3.63) is 41.0 Å². The molecule has 1 aromatic carbocycles. The van der Waals surface area contributed by atoms with E-state index in [1.54, 1.807) is 0 Å². The molecule has 0 N–H and O–H groups in total. The lowest BCUT2D eigenvalue weighted by molar-refractivity contribution is -0.137. The van der Waals surface area contributed by atoms with Crippen LogP contribution in [-0.2, 0) is 10.9 Å². The molecular weight excluding hydrogens is 293 g/mol. The largest absolute Gasteiger partial charge is 0.416 e. The Morgan fingerprint density at radius 1 is 1.27 bits per heavy atom. The second-order valence-corrected chi connectivity index (χ2v) is 5.73. The number of morpholine rings is 1. The van der Waals surface area contributed by atoms with Crippen LogP contribution < -0.4 is 0 Å². The van der Waals surface area contributed by atoms with E-state index in [1.807, 2.05) is 19.2 Å². The number of nitrogens with zero attached hydrogens (tertiary/aromatic N) is 2. The molecule has 0 aromatic heterocycles. The molecule has 0 radical (unpaired) electrons. The minimum absolute atomic E-state index is 0.0334. The fraction of sp³-hybridized carbons (Fsp3) is 0.438. The van der Waals surface area contributed by atoms with Gasteiger partial charge in [-0.15, -0.1) is 0 Å². The highest BCUT2D eigenvalue weighted by molar-refractivity contribution is 5.69. The van der Waals surface area contributed by atoms with Crippen molar-refractivity contribution >= 4 is 5.57 Å². The average Bonchev–Trinajstić information content (AvgIpc) is 2.45. The molecule has 0 spiro atoms. The Labute approximate surface area is 126 Å². The molecule has 22 heavy (non-hydrogen) atoms. The Morgan fingerprint density at radius 3 is 2.68 bits per heavy atom. The number of alkyl halides is 3. The van der Waals surface area contributed by atoms with Crippen LogP contribution >= 0.6 is 0 Å². The molecule has 0 aliphatic carbocycles. The number of likely N-dealkylation sites (N-methyl/N-ethyl adjacent to an activating group) is 1.